The summed E-state index contributed by atoms with van der Waals surface area (Å²) in [6.45, 7) is 2.11. The summed E-state index contributed by atoms with van der Waals surface area (Å²) in [7, 11) is 1.10. The van der Waals surface area contributed by atoms with Crippen LogP contribution in [0.2, 0.25) is 0 Å². The zero-order valence-electron chi connectivity index (χ0n) is 37.6. The molecular weight excluding hydrogens is 765 g/mol. The molecule has 0 aliphatic rings. The van der Waals surface area contributed by atoms with Gasteiger partial charge in [-0.2, -0.15) is 0 Å². The van der Waals surface area contributed by atoms with Crippen molar-refractivity contribution in [3.8, 4) is 0 Å². The molecule has 0 aromatic heterocycles. The number of esters is 2. The monoisotopic (exact) mass is 850 g/mol. The summed E-state index contributed by atoms with van der Waals surface area (Å²) < 4.78 is 33.8. The van der Waals surface area contributed by atoms with Crippen LogP contribution in [0.5, 0.6) is 0 Å². The Labute approximate surface area is 360 Å². The number of hydrogen-bond acceptors (Lipinski definition) is 9. The quantitative estimate of drug-likeness (QED) is 0.0210. The number of carbonyl (C=O) groups is 2. The van der Waals surface area contributed by atoms with Crippen LogP contribution in [0.3, 0.4) is 0 Å². The van der Waals surface area contributed by atoms with E-state index in [-0.39, 0.29) is 32.7 Å². The molecule has 0 bridgehead atoms. The smallest absolute Gasteiger partial charge is 0.306 e. The standard InChI is InChI=1S/C48H84NO9P/c1-5-6-7-8-9-10-11-12-13-15-18-21-24-27-30-33-36-39-47(51)55-44-46(45-57-59(53,54)56-43-41-49(2,3)4)58-48(52)40-37-34-31-28-25-22-19-16-14-17-20-23-26-29-32-35-38-42-50/h9-10,12-14,17,19,22-23,26,28,31,46,50H,5-8,11,15-16,18,20-21,24-25,27,29-30,32-45H2,1-4H3/b10-9-,13-12-,17-14-,22-19-,26-23-,31-28-/t46-/m1/s1. The fraction of sp³-hybridized carbons (Fsp3) is 0.708. The van der Waals surface area contributed by atoms with Gasteiger partial charge in [0.15, 0.2) is 6.10 Å². The Balaban J connectivity index is 4.45. The van der Waals surface area contributed by atoms with Crippen LogP contribution in [0.1, 0.15) is 161 Å². The molecule has 0 aliphatic carbocycles. The third kappa shape index (κ3) is 44.8. The molecule has 340 valence electrons. The number of unbranched alkanes of at least 4 members (excludes halogenated alkanes) is 14. The van der Waals surface area contributed by atoms with E-state index in [1.54, 1.807) is 0 Å². The van der Waals surface area contributed by atoms with Crippen LogP contribution in [-0.4, -0.2) is 81.7 Å². The molecule has 0 rings (SSSR count). The van der Waals surface area contributed by atoms with E-state index >= 15 is 0 Å². The van der Waals surface area contributed by atoms with Crippen LogP contribution in [0.25, 0.3) is 0 Å². The highest BCUT2D eigenvalue weighted by Gasteiger charge is 2.21. The third-order valence-electron chi connectivity index (χ3n) is 9.25. The Bertz CT molecular complexity index is 1240. The summed E-state index contributed by atoms with van der Waals surface area (Å²) in [6, 6.07) is 0. The minimum absolute atomic E-state index is 0.0508. The Kier molecular flexibility index (Phi) is 39.0. The average molecular weight is 850 g/mol. The van der Waals surface area contributed by atoms with Crippen LogP contribution < -0.4 is 4.89 Å². The number of phosphoric acid groups is 1. The van der Waals surface area contributed by atoms with Gasteiger partial charge in [-0.15, -0.1) is 0 Å². The van der Waals surface area contributed by atoms with Gasteiger partial charge < -0.3 is 33.0 Å². The van der Waals surface area contributed by atoms with Crippen molar-refractivity contribution in [1.29, 1.82) is 0 Å². The lowest BCUT2D eigenvalue weighted by atomic mass is 10.1. The van der Waals surface area contributed by atoms with Gasteiger partial charge >= 0.3 is 11.9 Å². The summed E-state index contributed by atoms with van der Waals surface area (Å²) in [6.07, 6.45) is 48.0. The van der Waals surface area contributed by atoms with Gasteiger partial charge in [-0.1, -0.05) is 131 Å². The van der Waals surface area contributed by atoms with Crippen LogP contribution >= 0.6 is 7.82 Å². The highest BCUT2D eigenvalue weighted by Crippen LogP contribution is 2.38. The van der Waals surface area contributed by atoms with Crippen molar-refractivity contribution in [2.45, 2.75) is 167 Å². The number of likely N-dealkylation sites (N-methyl/N-ethyl adjacent to an activating group) is 1. The van der Waals surface area contributed by atoms with Gasteiger partial charge in [0, 0.05) is 19.4 Å². The number of hydrogen-bond donors (Lipinski definition) is 1. The second kappa shape index (κ2) is 40.8. The minimum atomic E-state index is -4.65. The van der Waals surface area contributed by atoms with Crippen LogP contribution in [-0.2, 0) is 32.7 Å². The van der Waals surface area contributed by atoms with E-state index in [1.807, 2.05) is 27.2 Å². The molecule has 0 spiro atoms. The average Bonchev–Trinajstić information content (AvgIpc) is 3.19. The number of allylic oxidation sites excluding steroid dienone is 12. The lowest BCUT2D eigenvalue weighted by Gasteiger charge is -2.28. The topological polar surface area (TPSA) is 131 Å². The van der Waals surface area contributed by atoms with Gasteiger partial charge in [0.25, 0.3) is 7.82 Å². The Morgan fingerprint density at radius 2 is 1.02 bits per heavy atom. The zero-order chi connectivity index (χ0) is 43.6. The molecule has 11 heteroatoms. The van der Waals surface area contributed by atoms with E-state index in [9.17, 15) is 19.0 Å². The molecule has 1 unspecified atom stereocenters. The fourth-order valence-corrected chi connectivity index (χ4v) is 6.38. The minimum Gasteiger partial charge on any atom is -0.756 e. The summed E-state index contributed by atoms with van der Waals surface area (Å²) in [5.74, 6) is -0.929. The molecular formula is C48H84NO9P. The van der Waals surface area contributed by atoms with Crippen molar-refractivity contribution in [3.05, 3.63) is 72.9 Å². The molecule has 0 fully saturated rings. The maximum absolute atomic E-state index is 12.7. The van der Waals surface area contributed by atoms with Crippen molar-refractivity contribution in [2.75, 3.05) is 54.1 Å². The van der Waals surface area contributed by atoms with Crippen LogP contribution in [0.4, 0.5) is 0 Å². The summed E-state index contributed by atoms with van der Waals surface area (Å²) in [5.41, 5.74) is 0. The number of carbonyl (C=O) groups excluding carboxylic acids is 2. The molecule has 0 saturated carbocycles. The molecule has 0 radical (unpaired) electrons. The Morgan fingerprint density at radius 1 is 0.576 bits per heavy atom. The number of quaternary nitrogens is 1. The molecule has 0 aliphatic heterocycles. The molecule has 2 atom stereocenters. The number of ether oxygens (including phenoxy) is 2. The predicted molar refractivity (Wildman–Crippen MR) is 242 cm³/mol. The second-order valence-corrected chi connectivity index (χ2v) is 17.5. The lowest BCUT2D eigenvalue weighted by molar-refractivity contribution is -0.870. The largest absolute Gasteiger partial charge is 0.756 e. The Hall–Kier alpha value is -2.59. The van der Waals surface area contributed by atoms with Gasteiger partial charge in [0.05, 0.1) is 27.7 Å². The van der Waals surface area contributed by atoms with E-state index in [0.29, 0.717) is 30.3 Å². The molecule has 1 N–H and O–H groups in total. The van der Waals surface area contributed by atoms with E-state index < -0.39 is 32.5 Å². The second-order valence-electron chi connectivity index (χ2n) is 16.1. The van der Waals surface area contributed by atoms with Gasteiger partial charge in [0.1, 0.15) is 19.8 Å². The highest BCUT2D eigenvalue weighted by molar-refractivity contribution is 7.45. The summed E-state index contributed by atoms with van der Waals surface area (Å²) >= 11 is 0. The molecule has 59 heavy (non-hydrogen) atoms. The molecule has 0 saturated heterocycles. The van der Waals surface area contributed by atoms with Crippen molar-refractivity contribution < 1.29 is 47.2 Å². The first kappa shape index (κ1) is 56.4. The number of rotatable bonds is 41. The van der Waals surface area contributed by atoms with E-state index in [4.69, 9.17) is 23.6 Å². The van der Waals surface area contributed by atoms with E-state index in [1.165, 1.54) is 44.9 Å². The van der Waals surface area contributed by atoms with Crippen LogP contribution in [0, 0.1) is 0 Å². The first-order chi connectivity index (χ1) is 28.5. The normalized spacial score (nSPS) is 14.2. The maximum Gasteiger partial charge on any atom is 0.306 e. The molecule has 10 nitrogen and oxygen atoms in total. The maximum atomic E-state index is 12.7. The van der Waals surface area contributed by atoms with E-state index in [2.05, 4.69) is 73.8 Å². The van der Waals surface area contributed by atoms with Crippen molar-refractivity contribution in [2.24, 2.45) is 0 Å². The number of aliphatic hydroxyl groups excluding tert-OH is 1. The van der Waals surface area contributed by atoms with Gasteiger partial charge in [-0.25, -0.2) is 0 Å². The zero-order valence-corrected chi connectivity index (χ0v) is 38.5. The third-order valence-corrected chi connectivity index (χ3v) is 10.2. The van der Waals surface area contributed by atoms with Crippen molar-refractivity contribution in [1.82, 2.24) is 0 Å². The molecule has 0 aromatic carbocycles. The van der Waals surface area contributed by atoms with E-state index in [0.717, 1.165) is 77.0 Å². The summed E-state index contributed by atoms with van der Waals surface area (Å²) in [4.78, 5) is 37.5. The lowest BCUT2D eigenvalue weighted by Crippen LogP contribution is -2.37. The molecule has 0 aromatic rings. The molecule has 0 heterocycles. The van der Waals surface area contributed by atoms with Crippen molar-refractivity contribution >= 4 is 19.8 Å². The fourth-order valence-electron chi connectivity index (χ4n) is 5.66. The van der Waals surface area contributed by atoms with Gasteiger partial charge in [-0.3, -0.25) is 14.2 Å². The van der Waals surface area contributed by atoms with Crippen LogP contribution in [0.15, 0.2) is 72.9 Å². The van der Waals surface area contributed by atoms with Gasteiger partial charge in [0.2, 0.25) is 0 Å². The number of aliphatic hydroxyl groups is 1. The Morgan fingerprint density at radius 3 is 1.53 bits per heavy atom. The summed E-state index contributed by atoms with van der Waals surface area (Å²) in [5, 5.41) is 8.80. The first-order valence-corrected chi connectivity index (χ1v) is 24.2. The number of nitrogens with zero attached hydrogens (tertiary/aromatic N) is 1. The highest BCUT2D eigenvalue weighted by atomic mass is 31.2. The molecule has 0 amide bonds. The predicted octanol–water partition coefficient (Wildman–Crippen LogP) is 11.4. The SMILES string of the molecule is CCCCC/C=C\C/C=C\CCCCCCCCCC(=O)OC[C@H](COP(=O)([O-])OCC[N+](C)(C)C)OC(=O)CCC/C=C\C/C=C\C/C=C\C/C=C\CCCCCO. The number of phosphoric ester groups is 1. The van der Waals surface area contributed by atoms with Gasteiger partial charge in [-0.05, 0) is 89.9 Å². The first-order valence-electron chi connectivity index (χ1n) is 22.8. The van der Waals surface area contributed by atoms with Crippen molar-refractivity contribution in [3.63, 3.8) is 0 Å².